The first-order valence-corrected chi connectivity index (χ1v) is 9.06. The van der Waals surface area contributed by atoms with Crippen LogP contribution in [0.2, 0.25) is 0 Å². The molecular weight excluding hydrogens is 290 g/mol. The summed E-state index contributed by atoms with van der Waals surface area (Å²) in [7, 11) is -3.65. The van der Waals surface area contributed by atoms with E-state index in [1.165, 1.54) is 25.7 Å². The minimum atomic E-state index is -3.65. The van der Waals surface area contributed by atoms with Crippen LogP contribution < -0.4 is 4.72 Å². The van der Waals surface area contributed by atoms with Gasteiger partial charge in [0.2, 0.25) is 0 Å². The average Bonchev–Trinajstić information content (AvgIpc) is 2.80. The molecule has 1 aliphatic carbocycles. The molecule has 2 atom stereocenters. The molecule has 1 fully saturated rings. The van der Waals surface area contributed by atoms with Gasteiger partial charge in [-0.1, -0.05) is 26.2 Å². The second-order valence-electron chi connectivity index (χ2n) is 6.11. The molecule has 0 spiro atoms. The number of aliphatic hydroxyl groups excluding tert-OH is 1. The second-order valence-corrected chi connectivity index (χ2v) is 7.80. The highest BCUT2D eigenvalue weighted by atomic mass is 32.2. The molecule has 2 rings (SSSR count). The number of rotatable bonds is 6. The molecule has 6 nitrogen and oxygen atoms in total. The molecular formula is C14H25N3O3S. The quantitative estimate of drug-likeness (QED) is 0.744. The molecule has 21 heavy (non-hydrogen) atoms. The smallest absolute Gasteiger partial charge is 0.260 e. The number of aryl methyl sites for hydroxylation is 1. The first-order valence-electron chi connectivity index (χ1n) is 7.58. The van der Waals surface area contributed by atoms with Crippen molar-refractivity contribution in [2.75, 3.05) is 6.54 Å². The number of H-pyrrole nitrogens is 1. The number of sulfonamides is 1. The minimum Gasteiger partial charge on any atom is -0.392 e. The molecule has 120 valence electrons. The summed E-state index contributed by atoms with van der Waals surface area (Å²) >= 11 is 0. The Bertz CT molecular complexity index is 568. The molecule has 1 saturated carbocycles. The zero-order valence-corrected chi connectivity index (χ0v) is 13.5. The molecule has 1 aromatic heterocycles. The minimum absolute atomic E-state index is 0.0838. The van der Waals surface area contributed by atoms with Crippen LogP contribution in [0.15, 0.2) is 5.03 Å². The predicted molar refractivity (Wildman–Crippen MR) is 80.2 cm³/mol. The lowest BCUT2D eigenvalue weighted by molar-refractivity contribution is 0.270. The lowest BCUT2D eigenvalue weighted by Crippen LogP contribution is -2.28. The third kappa shape index (κ3) is 4.05. The third-order valence-corrected chi connectivity index (χ3v) is 5.77. The molecule has 0 amide bonds. The first-order chi connectivity index (χ1) is 9.94. The van der Waals surface area contributed by atoms with E-state index < -0.39 is 10.0 Å². The van der Waals surface area contributed by atoms with Crippen molar-refractivity contribution in [3.8, 4) is 0 Å². The average molecular weight is 315 g/mol. The Morgan fingerprint density at radius 2 is 2.19 bits per heavy atom. The van der Waals surface area contributed by atoms with Crippen LogP contribution in [0.25, 0.3) is 0 Å². The number of aromatic nitrogens is 2. The highest BCUT2D eigenvalue weighted by Gasteiger charge is 2.24. The number of nitrogens with one attached hydrogen (secondary N) is 2. The number of aromatic amines is 1. The van der Waals surface area contributed by atoms with Crippen LogP contribution in [0.5, 0.6) is 0 Å². The highest BCUT2D eigenvalue weighted by Crippen LogP contribution is 2.30. The van der Waals surface area contributed by atoms with E-state index in [0.29, 0.717) is 23.7 Å². The summed E-state index contributed by atoms with van der Waals surface area (Å²) in [6.07, 6.45) is 5.77. The molecule has 2 unspecified atom stereocenters. The van der Waals surface area contributed by atoms with Crippen molar-refractivity contribution >= 4 is 10.0 Å². The van der Waals surface area contributed by atoms with Gasteiger partial charge in [0.1, 0.15) is 0 Å². The van der Waals surface area contributed by atoms with Gasteiger partial charge in [-0.25, -0.2) is 13.1 Å². The van der Waals surface area contributed by atoms with E-state index in [0.717, 1.165) is 12.3 Å². The van der Waals surface area contributed by atoms with Crippen molar-refractivity contribution < 1.29 is 13.5 Å². The van der Waals surface area contributed by atoms with E-state index >= 15 is 0 Å². The maximum absolute atomic E-state index is 12.2. The van der Waals surface area contributed by atoms with Gasteiger partial charge in [0, 0.05) is 17.8 Å². The fourth-order valence-electron chi connectivity index (χ4n) is 3.13. The van der Waals surface area contributed by atoms with Gasteiger partial charge in [-0.15, -0.1) is 0 Å². The molecule has 0 radical (unpaired) electrons. The summed E-state index contributed by atoms with van der Waals surface area (Å²) in [5, 5.41) is 15.6. The fourth-order valence-corrected chi connectivity index (χ4v) is 4.36. The Kier molecular flexibility index (Phi) is 5.40. The molecule has 0 saturated heterocycles. The van der Waals surface area contributed by atoms with Gasteiger partial charge in [0.05, 0.1) is 6.61 Å². The summed E-state index contributed by atoms with van der Waals surface area (Å²) in [5.74, 6) is 1.35. The van der Waals surface area contributed by atoms with Crippen LogP contribution in [0.1, 0.15) is 50.3 Å². The van der Waals surface area contributed by atoms with Gasteiger partial charge >= 0.3 is 0 Å². The van der Waals surface area contributed by atoms with Crippen molar-refractivity contribution in [3.63, 3.8) is 0 Å². The summed E-state index contributed by atoms with van der Waals surface area (Å²) in [6, 6.07) is 0. The zero-order valence-electron chi connectivity index (χ0n) is 12.7. The van der Waals surface area contributed by atoms with Crippen LogP contribution in [-0.4, -0.2) is 30.3 Å². The van der Waals surface area contributed by atoms with Gasteiger partial charge in [0.15, 0.2) is 5.03 Å². The lowest BCUT2D eigenvalue weighted by atomic mass is 9.81. The Morgan fingerprint density at radius 3 is 2.86 bits per heavy atom. The monoisotopic (exact) mass is 315 g/mol. The lowest BCUT2D eigenvalue weighted by Gasteiger charge is -2.26. The normalized spacial score (nSPS) is 23.4. The molecule has 0 aromatic carbocycles. The Morgan fingerprint density at radius 1 is 1.43 bits per heavy atom. The standard InChI is InChI=1S/C14H25N3O3S/c1-10-4-3-5-12(8-10)6-7-15-21(19,20)14-13(9-18)11(2)16-17-14/h10,12,15,18H,3-9H2,1-2H3,(H,16,17). The number of nitrogens with zero attached hydrogens (tertiary/aromatic N) is 1. The molecule has 3 N–H and O–H groups in total. The van der Waals surface area contributed by atoms with E-state index in [4.69, 9.17) is 0 Å². The Hall–Kier alpha value is -0.920. The summed E-state index contributed by atoms with van der Waals surface area (Å²) < 4.78 is 27.1. The topological polar surface area (TPSA) is 95.1 Å². The molecule has 0 bridgehead atoms. The molecule has 7 heteroatoms. The third-order valence-electron chi connectivity index (χ3n) is 4.34. The maximum atomic E-state index is 12.2. The van der Waals surface area contributed by atoms with Gasteiger partial charge in [-0.05, 0) is 31.6 Å². The zero-order chi connectivity index (χ0) is 15.5. The highest BCUT2D eigenvalue weighted by molar-refractivity contribution is 7.89. The predicted octanol–water partition coefficient (Wildman–Crippen LogP) is 1.71. The van der Waals surface area contributed by atoms with Gasteiger partial charge in [0.25, 0.3) is 10.0 Å². The van der Waals surface area contributed by atoms with Crippen LogP contribution >= 0.6 is 0 Å². The van der Waals surface area contributed by atoms with Crippen molar-refractivity contribution in [1.82, 2.24) is 14.9 Å². The van der Waals surface area contributed by atoms with Crippen LogP contribution in [0, 0.1) is 18.8 Å². The molecule has 1 heterocycles. The first kappa shape index (κ1) is 16.5. The van der Waals surface area contributed by atoms with Crippen molar-refractivity contribution in [2.45, 2.75) is 57.6 Å². The van der Waals surface area contributed by atoms with Gasteiger partial charge < -0.3 is 5.11 Å². The Balaban J connectivity index is 1.92. The molecule has 0 aliphatic heterocycles. The largest absolute Gasteiger partial charge is 0.392 e. The SMILES string of the molecule is Cc1[nH]nc(S(=O)(=O)NCCC2CCCC(C)C2)c1CO. The number of hydrogen-bond acceptors (Lipinski definition) is 4. The van der Waals surface area contributed by atoms with Crippen molar-refractivity contribution in [2.24, 2.45) is 11.8 Å². The second kappa shape index (κ2) is 6.89. The summed E-state index contributed by atoms with van der Waals surface area (Å²) in [4.78, 5) is 0. The van der Waals surface area contributed by atoms with Crippen LogP contribution in [-0.2, 0) is 16.6 Å². The molecule has 1 aliphatic rings. The van der Waals surface area contributed by atoms with Gasteiger partial charge in [-0.3, -0.25) is 5.10 Å². The van der Waals surface area contributed by atoms with E-state index in [9.17, 15) is 13.5 Å². The van der Waals surface area contributed by atoms with Crippen LogP contribution in [0.4, 0.5) is 0 Å². The summed E-state index contributed by atoms with van der Waals surface area (Å²) in [5.41, 5.74) is 0.924. The van der Waals surface area contributed by atoms with E-state index in [1.807, 2.05) is 0 Å². The van der Waals surface area contributed by atoms with E-state index in [2.05, 4.69) is 21.8 Å². The fraction of sp³-hybridized carbons (Fsp3) is 0.786. The van der Waals surface area contributed by atoms with Crippen LogP contribution in [0.3, 0.4) is 0 Å². The van der Waals surface area contributed by atoms with Crippen molar-refractivity contribution in [3.05, 3.63) is 11.3 Å². The molecule has 1 aromatic rings. The van der Waals surface area contributed by atoms with E-state index in [-0.39, 0.29) is 11.6 Å². The number of aliphatic hydroxyl groups is 1. The maximum Gasteiger partial charge on any atom is 0.260 e. The number of hydrogen-bond donors (Lipinski definition) is 3. The van der Waals surface area contributed by atoms with E-state index in [1.54, 1.807) is 6.92 Å². The Labute approximate surface area is 126 Å². The van der Waals surface area contributed by atoms with Crippen molar-refractivity contribution in [1.29, 1.82) is 0 Å². The summed E-state index contributed by atoms with van der Waals surface area (Å²) in [6.45, 7) is 4.05. The van der Waals surface area contributed by atoms with Gasteiger partial charge in [-0.2, -0.15) is 5.10 Å².